The second kappa shape index (κ2) is 5.69. The van der Waals surface area contributed by atoms with E-state index < -0.39 is 10.1 Å². The van der Waals surface area contributed by atoms with Crippen molar-refractivity contribution in [1.82, 2.24) is 0 Å². The van der Waals surface area contributed by atoms with Crippen LogP contribution >= 0.6 is 0 Å². The second-order valence-corrected chi connectivity index (χ2v) is 3.74. The van der Waals surface area contributed by atoms with Gasteiger partial charge >= 0.3 is 39.7 Å². The van der Waals surface area contributed by atoms with Gasteiger partial charge < -0.3 is 6.16 Å². The van der Waals surface area contributed by atoms with Crippen molar-refractivity contribution < 1.29 is 48.4 Å². The van der Waals surface area contributed by atoms with Crippen molar-refractivity contribution in [2.75, 3.05) is 7.11 Å². The minimum Gasteiger partial charge on any atom is -1.00 e. The van der Waals surface area contributed by atoms with E-state index in [1.807, 2.05) is 0 Å². The number of nitrogens with two attached hydrogens (primary N) is 1. The fraction of sp³-hybridized carbons (Fsp3) is 0.143. The molecule has 0 aliphatic heterocycles. The Bertz CT molecular complexity index is 398. The van der Waals surface area contributed by atoms with Crippen LogP contribution < -0.4 is 40.2 Å². The van der Waals surface area contributed by atoms with Gasteiger partial charge in [0.25, 0.3) is 0 Å². The summed E-state index contributed by atoms with van der Waals surface area (Å²) in [5.74, 6) is 4.82. The zero-order chi connectivity index (χ0) is 9.90. The van der Waals surface area contributed by atoms with Crippen molar-refractivity contribution in [3.8, 4) is 5.75 Å². The van der Waals surface area contributed by atoms with E-state index in [-0.39, 0.29) is 41.6 Å². The summed E-state index contributed by atoms with van der Waals surface area (Å²) < 4.78 is 31.0. The van der Waals surface area contributed by atoms with Gasteiger partial charge in [-0.15, -0.1) is 0 Å². The van der Waals surface area contributed by atoms with Crippen molar-refractivity contribution in [1.29, 1.82) is 0 Å². The SMILES string of the molecule is COc1ccccc1S(=O)(=O)ON.[H-].[Na+]. The first kappa shape index (κ1) is 13.9. The van der Waals surface area contributed by atoms with Gasteiger partial charge in [-0.3, -0.25) is 0 Å². The van der Waals surface area contributed by atoms with Gasteiger partial charge in [-0.2, -0.15) is 18.6 Å². The van der Waals surface area contributed by atoms with Gasteiger partial charge in [0.15, 0.2) is 0 Å². The van der Waals surface area contributed by atoms with Crippen LogP contribution in [0.2, 0.25) is 0 Å². The van der Waals surface area contributed by atoms with Gasteiger partial charge in [-0.05, 0) is 12.1 Å². The zero-order valence-electron chi connectivity index (χ0n) is 8.93. The molecule has 0 spiro atoms. The smallest absolute Gasteiger partial charge is 1.00 e. The molecule has 0 atom stereocenters. The van der Waals surface area contributed by atoms with Crippen LogP contribution in [-0.2, 0) is 14.4 Å². The first-order chi connectivity index (χ1) is 6.11. The van der Waals surface area contributed by atoms with Crippen molar-refractivity contribution in [2.45, 2.75) is 4.90 Å². The predicted molar refractivity (Wildman–Crippen MR) is 46.6 cm³/mol. The van der Waals surface area contributed by atoms with Crippen LogP contribution in [0.15, 0.2) is 29.2 Å². The number of para-hydroxylation sites is 1. The summed E-state index contributed by atoms with van der Waals surface area (Å²) in [6.07, 6.45) is 0. The zero-order valence-corrected chi connectivity index (χ0v) is 10.7. The van der Waals surface area contributed by atoms with Crippen LogP contribution in [0.4, 0.5) is 0 Å². The van der Waals surface area contributed by atoms with Crippen LogP contribution in [0.25, 0.3) is 0 Å². The Kier molecular flexibility index (Phi) is 5.65. The largest absolute Gasteiger partial charge is 1.00 e. The predicted octanol–water partition coefficient (Wildman–Crippen LogP) is -2.61. The molecular weight excluding hydrogens is 217 g/mol. The van der Waals surface area contributed by atoms with Gasteiger partial charge in [0.05, 0.1) is 7.11 Å². The summed E-state index contributed by atoms with van der Waals surface area (Å²) in [7, 11) is -2.52. The quantitative estimate of drug-likeness (QED) is 0.452. The molecule has 0 fully saturated rings. The van der Waals surface area contributed by atoms with Crippen LogP contribution in [0.1, 0.15) is 1.43 Å². The Morgan fingerprint density at radius 3 is 2.43 bits per heavy atom. The summed E-state index contributed by atoms with van der Waals surface area (Å²) in [6.45, 7) is 0. The molecule has 0 unspecified atom stereocenters. The average molecular weight is 227 g/mol. The third-order valence-electron chi connectivity index (χ3n) is 1.47. The topological polar surface area (TPSA) is 78.6 Å². The first-order valence-electron chi connectivity index (χ1n) is 3.38. The van der Waals surface area contributed by atoms with Crippen molar-refractivity contribution in [2.24, 2.45) is 5.90 Å². The molecule has 74 valence electrons. The molecule has 5 nitrogen and oxygen atoms in total. The molecule has 0 bridgehead atoms. The molecule has 7 heteroatoms. The van der Waals surface area contributed by atoms with Gasteiger partial charge in [0, 0.05) is 0 Å². The number of rotatable bonds is 3. The normalized spacial score (nSPS) is 10.4. The van der Waals surface area contributed by atoms with E-state index in [1.54, 1.807) is 12.1 Å². The van der Waals surface area contributed by atoms with E-state index in [2.05, 4.69) is 10.2 Å². The number of benzene rings is 1. The standard InChI is InChI=1S/C7H9NO4S.Na.H/c1-11-6-4-2-3-5-7(6)13(9,10)12-8;;/h2-5H,8H2,1H3;;/q;+1;-1. The van der Waals surface area contributed by atoms with Crippen LogP contribution in [0, 0.1) is 0 Å². The van der Waals surface area contributed by atoms with E-state index >= 15 is 0 Å². The van der Waals surface area contributed by atoms with Crippen molar-refractivity contribution in [3.63, 3.8) is 0 Å². The summed E-state index contributed by atoms with van der Waals surface area (Å²) >= 11 is 0. The Hall–Kier alpha value is -0.110. The molecule has 2 N–H and O–H groups in total. The maximum atomic E-state index is 11.2. The van der Waals surface area contributed by atoms with E-state index in [4.69, 9.17) is 4.74 Å². The van der Waals surface area contributed by atoms with E-state index in [0.717, 1.165) is 0 Å². The molecule has 0 heterocycles. The van der Waals surface area contributed by atoms with Crippen LogP contribution in [0.5, 0.6) is 5.75 Å². The molecule has 1 aromatic carbocycles. The van der Waals surface area contributed by atoms with Crippen molar-refractivity contribution in [3.05, 3.63) is 24.3 Å². The Labute approximate surface area is 106 Å². The molecule has 14 heavy (non-hydrogen) atoms. The number of hydrogen-bond acceptors (Lipinski definition) is 5. The summed E-state index contributed by atoms with van der Waals surface area (Å²) in [4.78, 5) is -0.0833. The molecule has 0 amide bonds. The average Bonchev–Trinajstić information content (AvgIpc) is 2.18. The van der Waals surface area contributed by atoms with Crippen molar-refractivity contribution >= 4 is 10.1 Å². The number of ether oxygens (including phenoxy) is 1. The molecule has 0 saturated carbocycles. The molecule has 0 saturated heterocycles. The first-order valence-corrected chi connectivity index (χ1v) is 4.79. The third-order valence-corrected chi connectivity index (χ3v) is 2.59. The van der Waals surface area contributed by atoms with Gasteiger partial charge in [-0.25, -0.2) is 0 Å². The summed E-state index contributed by atoms with van der Waals surface area (Å²) in [5.41, 5.74) is 0. The molecular formula is C7H10NNaO4S. The van der Waals surface area contributed by atoms with Gasteiger partial charge in [0.1, 0.15) is 10.6 Å². The third kappa shape index (κ3) is 2.94. The number of methoxy groups -OCH3 is 1. The second-order valence-electron chi connectivity index (χ2n) is 2.20. The van der Waals surface area contributed by atoms with E-state index in [9.17, 15) is 8.42 Å². The molecule has 0 aliphatic rings. The fourth-order valence-corrected chi connectivity index (χ4v) is 1.62. The minimum absolute atomic E-state index is 0. The van der Waals surface area contributed by atoms with Gasteiger partial charge in [-0.1, -0.05) is 12.1 Å². The Balaban J connectivity index is 0. The maximum absolute atomic E-state index is 11.2. The Morgan fingerprint density at radius 1 is 1.36 bits per heavy atom. The molecule has 0 aliphatic carbocycles. The minimum atomic E-state index is -3.89. The Morgan fingerprint density at radius 2 is 1.93 bits per heavy atom. The molecule has 0 aromatic heterocycles. The monoisotopic (exact) mass is 227 g/mol. The van der Waals surface area contributed by atoms with Gasteiger partial charge in [0.2, 0.25) is 0 Å². The van der Waals surface area contributed by atoms with Crippen LogP contribution in [0.3, 0.4) is 0 Å². The maximum Gasteiger partial charge on any atom is 1.00 e. The molecule has 0 radical (unpaired) electrons. The van der Waals surface area contributed by atoms with E-state index in [1.165, 1.54) is 19.2 Å². The fourth-order valence-electron chi connectivity index (χ4n) is 0.877. The molecule has 1 aromatic rings. The van der Waals surface area contributed by atoms with Crippen LogP contribution in [-0.4, -0.2) is 15.5 Å². The summed E-state index contributed by atoms with van der Waals surface area (Å²) in [6, 6.07) is 6.05. The number of hydrogen-bond donors (Lipinski definition) is 1. The summed E-state index contributed by atoms with van der Waals surface area (Å²) in [5, 5.41) is 0. The van der Waals surface area contributed by atoms with E-state index in [0.29, 0.717) is 0 Å². The molecule has 1 rings (SSSR count).